The van der Waals surface area contributed by atoms with Gasteiger partial charge in [0.1, 0.15) is 5.82 Å². The zero-order valence-corrected chi connectivity index (χ0v) is 10.3. The highest BCUT2D eigenvalue weighted by Crippen LogP contribution is 2.16. The maximum atomic E-state index is 11.1. The van der Waals surface area contributed by atoms with Gasteiger partial charge in [-0.3, -0.25) is 9.78 Å². The van der Waals surface area contributed by atoms with Gasteiger partial charge in [-0.25, -0.2) is 9.78 Å². The fraction of sp³-hybridized carbons (Fsp3) is 0.545. The van der Waals surface area contributed by atoms with Crippen molar-refractivity contribution in [3.05, 3.63) is 22.2 Å². The summed E-state index contributed by atoms with van der Waals surface area (Å²) >= 11 is 0. The van der Waals surface area contributed by atoms with Crippen molar-refractivity contribution >= 4 is 11.7 Å². The summed E-state index contributed by atoms with van der Waals surface area (Å²) in [7, 11) is 0. The molecule has 0 aliphatic rings. The van der Waals surface area contributed by atoms with Crippen LogP contribution in [-0.2, 0) is 11.2 Å². The van der Waals surface area contributed by atoms with Crippen LogP contribution in [0.3, 0.4) is 0 Å². The first kappa shape index (κ1) is 14.3. The van der Waals surface area contributed by atoms with E-state index in [9.17, 15) is 14.7 Å². The number of aliphatic hydroxyl groups excluding tert-OH is 2. The van der Waals surface area contributed by atoms with Crippen molar-refractivity contribution in [3.63, 3.8) is 0 Å². The summed E-state index contributed by atoms with van der Waals surface area (Å²) in [4.78, 5) is 28.1. The van der Waals surface area contributed by atoms with Gasteiger partial charge in [0, 0.05) is 31.2 Å². The van der Waals surface area contributed by atoms with Crippen LogP contribution in [0.2, 0.25) is 0 Å². The number of carbonyl (C=O) groups is 1. The van der Waals surface area contributed by atoms with Gasteiger partial charge in [-0.1, -0.05) is 0 Å². The summed E-state index contributed by atoms with van der Waals surface area (Å²) < 4.78 is 0. The molecule has 1 aromatic heterocycles. The van der Waals surface area contributed by atoms with E-state index < -0.39 is 11.8 Å². The van der Waals surface area contributed by atoms with Crippen LogP contribution in [0.5, 0.6) is 0 Å². The second-order valence-corrected chi connectivity index (χ2v) is 4.16. The number of aliphatic hydroxyl groups is 2. The van der Waals surface area contributed by atoms with Gasteiger partial charge in [-0.2, -0.15) is 0 Å². The molecule has 0 fully saturated rings. The molecular weight excluding hydrogens is 238 g/mol. The first-order chi connectivity index (χ1) is 8.43. The topological polar surface area (TPSA) is 115 Å². The molecule has 18 heavy (non-hydrogen) atoms. The maximum Gasteiger partial charge on any atom is 0.346 e. The number of aromatic amines is 1. The highest BCUT2D eigenvalue weighted by atomic mass is 16.3. The highest BCUT2D eigenvalue weighted by molar-refractivity contribution is 5.88. The van der Waals surface area contributed by atoms with Crippen molar-refractivity contribution in [2.24, 2.45) is 5.92 Å². The molecule has 7 nitrogen and oxygen atoms in total. The van der Waals surface area contributed by atoms with Gasteiger partial charge in [0.25, 0.3) is 0 Å². The van der Waals surface area contributed by atoms with Crippen molar-refractivity contribution in [1.29, 1.82) is 0 Å². The zero-order valence-electron chi connectivity index (χ0n) is 10.3. The molecule has 0 unspecified atom stereocenters. The fourth-order valence-corrected chi connectivity index (χ4v) is 1.53. The lowest BCUT2D eigenvalue weighted by atomic mass is 9.96. The Balaban J connectivity index is 3.00. The molecule has 0 aromatic carbocycles. The van der Waals surface area contributed by atoms with E-state index in [1.165, 1.54) is 13.1 Å². The van der Waals surface area contributed by atoms with Crippen LogP contribution in [-0.4, -0.2) is 38.8 Å². The van der Waals surface area contributed by atoms with Gasteiger partial charge in [-0.15, -0.1) is 0 Å². The smallest absolute Gasteiger partial charge is 0.346 e. The van der Waals surface area contributed by atoms with Crippen molar-refractivity contribution in [1.82, 2.24) is 9.97 Å². The van der Waals surface area contributed by atoms with E-state index >= 15 is 0 Å². The average molecular weight is 255 g/mol. The number of nitrogens with zero attached hydrogens (tertiary/aromatic N) is 1. The molecule has 0 bridgehead atoms. The van der Waals surface area contributed by atoms with Gasteiger partial charge < -0.3 is 15.5 Å². The summed E-state index contributed by atoms with van der Waals surface area (Å²) in [5.41, 5.74) is -0.00940. The molecule has 1 heterocycles. The third-order valence-corrected chi connectivity index (χ3v) is 2.59. The minimum absolute atomic E-state index is 0.198. The first-order valence-corrected chi connectivity index (χ1v) is 5.58. The molecule has 1 amide bonds. The van der Waals surface area contributed by atoms with E-state index in [1.807, 2.05) is 0 Å². The third kappa shape index (κ3) is 3.94. The summed E-state index contributed by atoms with van der Waals surface area (Å²) in [6.07, 6.45) is 0.926. The fourth-order valence-electron chi connectivity index (χ4n) is 1.53. The Kier molecular flexibility index (Phi) is 4.99. The lowest BCUT2D eigenvalue weighted by Gasteiger charge is -2.18. The summed E-state index contributed by atoms with van der Waals surface area (Å²) in [6.45, 7) is 2.69. The van der Waals surface area contributed by atoms with E-state index in [2.05, 4.69) is 15.3 Å². The van der Waals surface area contributed by atoms with Crippen LogP contribution in [0.25, 0.3) is 0 Å². The normalized spacial score (nSPS) is 14.0. The summed E-state index contributed by atoms with van der Waals surface area (Å²) in [5.74, 6) is -0.456. The lowest BCUT2D eigenvalue weighted by Crippen LogP contribution is -2.25. The minimum atomic E-state index is -0.702. The standard InChI is InChI=1S/C11H17N3O4/c1-6(16)9(5-15)3-8-4-12-11(18)14-10(8)13-7(2)17/h4,6,9,15-16H,3,5H2,1-2H3,(H2,12,13,14,17,18)/t6-,9-/m1/s1. The molecule has 1 rings (SSSR count). The van der Waals surface area contributed by atoms with E-state index in [1.54, 1.807) is 6.92 Å². The maximum absolute atomic E-state index is 11.1. The predicted molar refractivity (Wildman–Crippen MR) is 65.1 cm³/mol. The molecule has 0 aliphatic carbocycles. The Hall–Kier alpha value is -1.73. The van der Waals surface area contributed by atoms with Gasteiger partial charge in [-0.05, 0) is 13.3 Å². The van der Waals surface area contributed by atoms with E-state index in [0.717, 1.165) is 0 Å². The lowest BCUT2D eigenvalue weighted by molar-refractivity contribution is -0.114. The van der Waals surface area contributed by atoms with Crippen LogP contribution >= 0.6 is 0 Å². The molecule has 1 aromatic rings. The number of rotatable bonds is 5. The van der Waals surface area contributed by atoms with E-state index in [-0.39, 0.29) is 24.2 Å². The van der Waals surface area contributed by atoms with Crippen molar-refractivity contribution in [2.45, 2.75) is 26.4 Å². The molecule has 0 saturated heterocycles. The minimum Gasteiger partial charge on any atom is -0.396 e. The number of hydrogen-bond donors (Lipinski definition) is 4. The quantitative estimate of drug-likeness (QED) is 0.553. The van der Waals surface area contributed by atoms with Crippen molar-refractivity contribution in [3.8, 4) is 0 Å². The van der Waals surface area contributed by atoms with Gasteiger partial charge in [0.05, 0.1) is 6.10 Å². The molecule has 0 saturated carbocycles. The molecule has 100 valence electrons. The Morgan fingerprint density at radius 3 is 2.78 bits per heavy atom. The Labute approximate surface area is 104 Å². The van der Waals surface area contributed by atoms with Gasteiger partial charge in [0.2, 0.25) is 5.91 Å². The first-order valence-electron chi connectivity index (χ1n) is 5.58. The van der Waals surface area contributed by atoms with Crippen LogP contribution in [0.15, 0.2) is 11.0 Å². The number of amides is 1. The number of H-pyrrole nitrogens is 1. The molecule has 0 radical (unpaired) electrons. The summed E-state index contributed by atoms with van der Waals surface area (Å²) in [5, 5.41) is 21.1. The highest BCUT2D eigenvalue weighted by Gasteiger charge is 2.17. The SMILES string of the molecule is CC(=O)Nc1[nH]c(=O)ncc1C[C@H](CO)[C@@H](C)O. The number of carbonyl (C=O) groups excluding carboxylic acids is 1. The molecular formula is C11H17N3O4. The Bertz CT molecular complexity index is 470. The Morgan fingerprint density at radius 1 is 1.61 bits per heavy atom. The molecule has 0 aliphatic heterocycles. The number of anilines is 1. The summed E-state index contributed by atoms with van der Waals surface area (Å²) in [6, 6.07) is 0. The number of aromatic nitrogens is 2. The van der Waals surface area contributed by atoms with Crippen LogP contribution in [0, 0.1) is 5.92 Å². The molecule has 4 N–H and O–H groups in total. The predicted octanol–water partition coefficient (Wildman–Crippen LogP) is -0.740. The Morgan fingerprint density at radius 2 is 2.28 bits per heavy atom. The van der Waals surface area contributed by atoms with E-state index in [4.69, 9.17) is 5.11 Å². The van der Waals surface area contributed by atoms with Crippen molar-refractivity contribution in [2.75, 3.05) is 11.9 Å². The van der Waals surface area contributed by atoms with Crippen molar-refractivity contribution < 1.29 is 15.0 Å². The van der Waals surface area contributed by atoms with E-state index in [0.29, 0.717) is 12.0 Å². The van der Waals surface area contributed by atoms with Crippen LogP contribution in [0.4, 0.5) is 5.82 Å². The van der Waals surface area contributed by atoms with Crippen LogP contribution < -0.4 is 11.0 Å². The van der Waals surface area contributed by atoms with Crippen LogP contribution in [0.1, 0.15) is 19.4 Å². The zero-order chi connectivity index (χ0) is 13.7. The second-order valence-electron chi connectivity index (χ2n) is 4.16. The number of hydrogen-bond acceptors (Lipinski definition) is 5. The molecule has 2 atom stereocenters. The van der Waals surface area contributed by atoms with Gasteiger partial charge in [0.15, 0.2) is 0 Å². The average Bonchev–Trinajstić information content (AvgIpc) is 2.26. The largest absolute Gasteiger partial charge is 0.396 e. The molecule has 0 spiro atoms. The second kappa shape index (κ2) is 6.27. The molecule has 7 heteroatoms. The third-order valence-electron chi connectivity index (χ3n) is 2.59. The monoisotopic (exact) mass is 255 g/mol. The van der Waals surface area contributed by atoms with Gasteiger partial charge >= 0.3 is 5.69 Å². The number of nitrogens with one attached hydrogen (secondary N) is 2.